The topological polar surface area (TPSA) is 39.6 Å². The Morgan fingerprint density at radius 1 is 1.08 bits per heavy atom. The van der Waals surface area contributed by atoms with Gasteiger partial charge in [0.1, 0.15) is 11.6 Å². The molecule has 1 aromatic carbocycles. The zero-order chi connectivity index (χ0) is 18.0. The Kier molecular flexibility index (Phi) is 4.85. The van der Waals surface area contributed by atoms with Gasteiger partial charge in [-0.2, -0.15) is 13.2 Å². The van der Waals surface area contributed by atoms with E-state index in [4.69, 9.17) is 0 Å². The number of aromatic hydroxyl groups is 1. The molecule has 0 atom stereocenters. The van der Waals surface area contributed by atoms with Crippen LogP contribution in [-0.2, 0) is 12.7 Å². The average Bonchev–Trinajstić information content (AvgIpc) is 2.57. The van der Waals surface area contributed by atoms with Gasteiger partial charge in [-0.3, -0.25) is 4.90 Å². The van der Waals surface area contributed by atoms with Crippen molar-refractivity contribution in [1.82, 2.24) is 9.88 Å². The summed E-state index contributed by atoms with van der Waals surface area (Å²) >= 11 is 0. The number of aromatic nitrogens is 1. The van der Waals surface area contributed by atoms with Crippen molar-refractivity contribution < 1.29 is 18.3 Å². The Hall–Kier alpha value is -2.28. The van der Waals surface area contributed by atoms with E-state index in [0.717, 1.165) is 50.6 Å². The number of anilines is 1. The van der Waals surface area contributed by atoms with Crippen molar-refractivity contribution in [2.75, 3.05) is 31.1 Å². The highest BCUT2D eigenvalue weighted by atomic mass is 19.4. The summed E-state index contributed by atoms with van der Waals surface area (Å²) in [5, 5.41) is 9.32. The minimum atomic E-state index is -4.36. The first-order chi connectivity index (χ1) is 11.8. The molecule has 134 valence electrons. The molecule has 0 saturated carbocycles. The average molecular weight is 351 g/mol. The van der Waals surface area contributed by atoms with Gasteiger partial charge in [0.2, 0.25) is 0 Å². The monoisotopic (exact) mass is 351 g/mol. The van der Waals surface area contributed by atoms with E-state index in [1.165, 1.54) is 0 Å². The molecule has 0 radical (unpaired) electrons. The number of rotatable bonds is 3. The smallest absolute Gasteiger partial charge is 0.417 e. The second-order valence-corrected chi connectivity index (χ2v) is 6.29. The van der Waals surface area contributed by atoms with Crippen LogP contribution in [0.5, 0.6) is 5.75 Å². The SMILES string of the molecule is Cc1cc(C(F)(F)F)cnc1N1CCN(Cc2ccc(O)cc2)CC1. The van der Waals surface area contributed by atoms with Gasteiger partial charge in [0.05, 0.1) is 5.56 Å². The zero-order valence-corrected chi connectivity index (χ0v) is 13.9. The van der Waals surface area contributed by atoms with E-state index in [1.807, 2.05) is 17.0 Å². The lowest BCUT2D eigenvalue weighted by Crippen LogP contribution is -2.46. The molecule has 1 fully saturated rings. The van der Waals surface area contributed by atoms with Gasteiger partial charge >= 0.3 is 6.18 Å². The van der Waals surface area contributed by atoms with Gasteiger partial charge in [-0.15, -0.1) is 0 Å². The molecule has 0 bridgehead atoms. The van der Waals surface area contributed by atoms with Gasteiger partial charge in [0.25, 0.3) is 0 Å². The van der Waals surface area contributed by atoms with Crippen LogP contribution in [0.15, 0.2) is 36.5 Å². The number of phenolic OH excluding ortho intramolecular Hbond substituents is 1. The van der Waals surface area contributed by atoms with Crippen molar-refractivity contribution in [2.45, 2.75) is 19.6 Å². The number of hydrogen-bond acceptors (Lipinski definition) is 4. The fraction of sp³-hybridized carbons (Fsp3) is 0.389. The predicted octanol–water partition coefficient (Wildman–Crippen LogP) is 3.44. The van der Waals surface area contributed by atoms with Crippen LogP contribution in [0.4, 0.5) is 19.0 Å². The van der Waals surface area contributed by atoms with Gasteiger partial charge in [-0.25, -0.2) is 4.98 Å². The molecular formula is C18H20F3N3O. The highest BCUT2D eigenvalue weighted by Gasteiger charge is 2.32. The van der Waals surface area contributed by atoms with Gasteiger partial charge in [0, 0.05) is 38.9 Å². The third kappa shape index (κ3) is 4.22. The molecule has 1 saturated heterocycles. The molecular weight excluding hydrogens is 331 g/mol. The Bertz CT molecular complexity index is 723. The maximum Gasteiger partial charge on any atom is 0.417 e. The Morgan fingerprint density at radius 3 is 2.28 bits per heavy atom. The maximum atomic E-state index is 12.7. The van der Waals surface area contributed by atoms with E-state index in [-0.39, 0.29) is 5.75 Å². The summed E-state index contributed by atoms with van der Waals surface area (Å²) in [6.07, 6.45) is -3.45. The molecule has 7 heteroatoms. The summed E-state index contributed by atoms with van der Waals surface area (Å²) in [4.78, 5) is 8.36. The van der Waals surface area contributed by atoms with Crippen molar-refractivity contribution in [3.05, 3.63) is 53.2 Å². The second-order valence-electron chi connectivity index (χ2n) is 6.29. The van der Waals surface area contributed by atoms with E-state index >= 15 is 0 Å². The summed E-state index contributed by atoms with van der Waals surface area (Å²) < 4.78 is 38.2. The molecule has 0 aliphatic carbocycles. The third-order valence-electron chi connectivity index (χ3n) is 4.39. The molecule has 0 spiro atoms. The van der Waals surface area contributed by atoms with Crippen LogP contribution in [0.25, 0.3) is 0 Å². The number of aryl methyl sites for hydroxylation is 1. The minimum absolute atomic E-state index is 0.248. The van der Waals surface area contributed by atoms with E-state index in [2.05, 4.69) is 9.88 Å². The number of piperazine rings is 1. The highest BCUT2D eigenvalue weighted by molar-refractivity contribution is 5.48. The molecule has 1 aliphatic rings. The lowest BCUT2D eigenvalue weighted by atomic mass is 10.1. The molecule has 1 N–H and O–H groups in total. The summed E-state index contributed by atoms with van der Waals surface area (Å²) in [6, 6.07) is 8.28. The standard InChI is InChI=1S/C18H20F3N3O/c1-13-10-15(18(19,20)21)11-22-17(13)24-8-6-23(7-9-24)12-14-2-4-16(25)5-3-14/h2-5,10-11,25H,6-9,12H2,1H3. The van der Waals surface area contributed by atoms with Crippen LogP contribution in [0, 0.1) is 6.92 Å². The van der Waals surface area contributed by atoms with Crippen molar-refractivity contribution in [2.24, 2.45) is 0 Å². The molecule has 25 heavy (non-hydrogen) atoms. The second kappa shape index (κ2) is 6.92. The van der Waals surface area contributed by atoms with Gasteiger partial charge in [0.15, 0.2) is 0 Å². The number of alkyl halides is 3. The maximum absolute atomic E-state index is 12.7. The van der Waals surface area contributed by atoms with Gasteiger partial charge in [-0.1, -0.05) is 12.1 Å². The summed E-state index contributed by atoms with van der Waals surface area (Å²) in [6.45, 7) is 5.51. The molecule has 0 unspecified atom stereocenters. The van der Waals surface area contributed by atoms with Crippen LogP contribution in [0.2, 0.25) is 0 Å². The fourth-order valence-corrected chi connectivity index (χ4v) is 3.03. The lowest BCUT2D eigenvalue weighted by Gasteiger charge is -2.36. The van der Waals surface area contributed by atoms with Crippen molar-refractivity contribution in [3.63, 3.8) is 0 Å². The molecule has 3 rings (SSSR count). The zero-order valence-electron chi connectivity index (χ0n) is 13.9. The first kappa shape index (κ1) is 17.5. The Labute approximate surface area is 144 Å². The predicted molar refractivity (Wildman–Crippen MR) is 89.6 cm³/mol. The number of nitrogens with zero attached hydrogens (tertiary/aromatic N) is 3. The number of hydrogen-bond donors (Lipinski definition) is 1. The third-order valence-corrected chi connectivity index (χ3v) is 4.39. The Balaban J connectivity index is 1.61. The minimum Gasteiger partial charge on any atom is -0.508 e. The quantitative estimate of drug-likeness (QED) is 0.920. The molecule has 4 nitrogen and oxygen atoms in total. The summed E-state index contributed by atoms with van der Waals surface area (Å²) in [7, 11) is 0. The number of benzene rings is 1. The molecule has 2 aromatic rings. The van der Waals surface area contributed by atoms with E-state index in [9.17, 15) is 18.3 Å². The van der Waals surface area contributed by atoms with Crippen molar-refractivity contribution >= 4 is 5.82 Å². The number of phenols is 1. The first-order valence-corrected chi connectivity index (χ1v) is 8.12. The summed E-state index contributed by atoms with van der Waals surface area (Å²) in [5.74, 6) is 0.870. The number of halogens is 3. The lowest BCUT2D eigenvalue weighted by molar-refractivity contribution is -0.137. The highest BCUT2D eigenvalue weighted by Crippen LogP contribution is 2.31. The van der Waals surface area contributed by atoms with Crippen LogP contribution in [0.1, 0.15) is 16.7 Å². The molecule has 0 amide bonds. The molecule has 1 aromatic heterocycles. The van der Waals surface area contributed by atoms with E-state index in [0.29, 0.717) is 11.4 Å². The van der Waals surface area contributed by atoms with E-state index in [1.54, 1.807) is 19.1 Å². The largest absolute Gasteiger partial charge is 0.508 e. The Morgan fingerprint density at radius 2 is 1.72 bits per heavy atom. The van der Waals surface area contributed by atoms with Gasteiger partial charge < -0.3 is 10.0 Å². The number of pyridine rings is 1. The van der Waals surface area contributed by atoms with Crippen LogP contribution < -0.4 is 4.90 Å². The van der Waals surface area contributed by atoms with Crippen molar-refractivity contribution in [3.8, 4) is 5.75 Å². The first-order valence-electron chi connectivity index (χ1n) is 8.12. The normalized spacial score (nSPS) is 16.2. The fourth-order valence-electron chi connectivity index (χ4n) is 3.03. The molecule has 2 heterocycles. The van der Waals surface area contributed by atoms with Crippen LogP contribution in [0.3, 0.4) is 0 Å². The summed E-state index contributed by atoms with van der Waals surface area (Å²) in [5.41, 5.74) is 0.955. The molecule has 1 aliphatic heterocycles. The van der Waals surface area contributed by atoms with Crippen LogP contribution >= 0.6 is 0 Å². The van der Waals surface area contributed by atoms with Crippen LogP contribution in [-0.4, -0.2) is 41.2 Å². The van der Waals surface area contributed by atoms with E-state index < -0.39 is 11.7 Å². The van der Waals surface area contributed by atoms with Gasteiger partial charge in [-0.05, 0) is 36.2 Å². The van der Waals surface area contributed by atoms with Crippen molar-refractivity contribution in [1.29, 1.82) is 0 Å².